The summed E-state index contributed by atoms with van der Waals surface area (Å²) in [6.07, 6.45) is 3.68. The number of amides is 1. The molecule has 0 aliphatic heterocycles. The molecule has 1 heterocycles. The number of nitrogen functional groups attached to an aromatic ring is 1. The molecule has 7 heteroatoms. The topological polar surface area (TPSA) is 84.7 Å². The first kappa shape index (κ1) is 15.6. The zero-order chi connectivity index (χ0) is 15.6. The van der Waals surface area contributed by atoms with Gasteiger partial charge in [-0.1, -0.05) is 6.42 Å². The minimum Gasteiger partial charge on any atom is -0.465 e. The third kappa shape index (κ3) is 2.97. The molecule has 1 saturated carbocycles. The first-order chi connectivity index (χ1) is 9.99. The van der Waals surface area contributed by atoms with Gasteiger partial charge in [0, 0.05) is 20.6 Å². The maximum Gasteiger partial charge on any atom is 0.343 e. The lowest BCUT2D eigenvalue weighted by Crippen LogP contribution is -2.29. The first-order valence-electron chi connectivity index (χ1n) is 6.93. The summed E-state index contributed by atoms with van der Waals surface area (Å²) < 4.78 is 4.81. The third-order valence-corrected chi connectivity index (χ3v) is 5.17. The van der Waals surface area contributed by atoms with Gasteiger partial charge in [-0.3, -0.25) is 4.79 Å². The molecule has 1 aromatic heterocycles. The highest BCUT2D eigenvalue weighted by Gasteiger charge is 2.29. The van der Waals surface area contributed by atoms with Crippen molar-refractivity contribution in [3.8, 4) is 0 Å². The van der Waals surface area contributed by atoms with E-state index in [1.54, 1.807) is 0 Å². The van der Waals surface area contributed by atoms with Crippen LogP contribution in [0.5, 0.6) is 0 Å². The van der Waals surface area contributed by atoms with Crippen molar-refractivity contribution in [2.45, 2.75) is 19.3 Å². The number of nitrogens with two attached hydrogens (primary N) is 1. The van der Waals surface area contributed by atoms with E-state index in [0.29, 0.717) is 21.4 Å². The van der Waals surface area contributed by atoms with Crippen LogP contribution < -0.4 is 16.0 Å². The molecule has 1 fully saturated rings. The second-order valence-corrected chi connectivity index (χ2v) is 6.27. The van der Waals surface area contributed by atoms with Crippen LogP contribution in [0.25, 0.3) is 0 Å². The van der Waals surface area contributed by atoms with Crippen molar-refractivity contribution in [2.24, 2.45) is 5.92 Å². The summed E-state index contributed by atoms with van der Waals surface area (Å²) in [5, 5.41) is 3.24. The van der Waals surface area contributed by atoms with Crippen LogP contribution in [0.15, 0.2) is 0 Å². The van der Waals surface area contributed by atoms with E-state index < -0.39 is 5.97 Å². The van der Waals surface area contributed by atoms with Crippen LogP contribution in [0.4, 0.5) is 10.7 Å². The second kappa shape index (κ2) is 6.34. The van der Waals surface area contributed by atoms with E-state index in [9.17, 15) is 9.59 Å². The van der Waals surface area contributed by atoms with E-state index in [0.717, 1.165) is 6.54 Å². The van der Waals surface area contributed by atoms with Gasteiger partial charge in [0.25, 0.3) is 5.91 Å². The van der Waals surface area contributed by atoms with Gasteiger partial charge in [0.1, 0.15) is 15.4 Å². The summed E-state index contributed by atoms with van der Waals surface area (Å²) in [5.41, 5.74) is 6.48. The maximum atomic E-state index is 12.0. The number of methoxy groups -OCH3 is 1. The lowest BCUT2D eigenvalue weighted by molar-refractivity contribution is 0.0603. The van der Waals surface area contributed by atoms with Gasteiger partial charge in [-0.25, -0.2) is 4.79 Å². The molecule has 0 bridgehead atoms. The van der Waals surface area contributed by atoms with Crippen molar-refractivity contribution in [2.75, 3.05) is 38.4 Å². The Balaban J connectivity index is 2.36. The quantitative estimate of drug-likeness (QED) is 0.809. The Morgan fingerprint density at radius 3 is 2.62 bits per heavy atom. The Morgan fingerprint density at radius 1 is 1.48 bits per heavy atom. The fourth-order valence-corrected chi connectivity index (χ4v) is 3.55. The van der Waals surface area contributed by atoms with E-state index in [1.807, 2.05) is 11.9 Å². The van der Waals surface area contributed by atoms with Crippen molar-refractivity contribution in [1.29, 1.82) is 0 Å². The molecule has 116 valence electrons. The normalized spacial score (nSPS) is 14.4. The number of carbonyl (C=O) groups is 2. The molecule has 0 atom stereocenters. The number of nitrogens with zero attached hydrogens (tertiary/aromatic N) is 1. The van der Waals surface area contributed by atoms with E-state index in [-0.39, 0.29) is 11.6 Å². The number of rotatable bonds is 5. The zero-order valence-electron chi connectivity index (χ0n) is 12.6. The van der Waals surface area contributed by atoms with Gasteiger partial charge in [-0.2, -0.15) is 0 Å². The molecule has 1 aromatic rings. The highest BCUT2D eigenvalue weighted by Crippen LogP contribution is 2.39. The minimum absolute atomic E-state index is 0.196. The molecule has 0 aromatic carbocycles. The Labute approximate surface area is 128 Å². The lowest BCUT2D eigenvalue weighted by atomic mass is 9.85. The Kier molecular flexibility index (Phi) is 4.72. The number of hydrogen-bond acceptors (Lipinski definition) is 6. The van der Waals surface area contributed by atoms with Gasteiger partial charge >= 0.3 is 5.97 Å². The van der Waals surface area contributed by atoms with Crippen molar-refractivity contribution in [3.05, 3.63) is 10.4 Å². The molecule has 1 aliphatic carbocycles. The van der Waals surface area contributed by atoms with Crippen LogP contribution in [0.1, 0.15) is 39.3 Å². The first-order valence-corrected chi connectivity index (χ1v) is 7.75. The van der Waals surface area contributed by atoms with Gasteiger partial charge in [-0.15, -0.1) is 11.3 Å². The molecule has 3 N–H and O–H groups in total. The van der Waals surface area contributed by atoms with Gasteiger partial charge in [0.2, 0.25) is 0 Å². The highest BCUT2D eigenvalue weighted by molar-refractivity contribution is 7.19. The smallest absolute Gasteiger partial charge is 0.343 e. The van der Waals surface area contributed by atoms with Gasteiger partial charge in [0.15, 0.2) is 0 Å². The fourth-order valence-electron chi connectivity index (χ4n) is 2.43. The molecule has 0 spiro atoms. The highest BCUT2D eigenvalue weighted by atomic mass is 32.1. The van der Waals surface area contributed by atoms with Crippen LogP contribution >= 0.6 is 11.3 Å². The number of ether oxygens (including phenoxy) is 1. The standard InChI is InChI=1S/C14H21N3O3S/c1-16-12(18)11-10(15)9(14(19)20-3)13(21-11)17(2)7-8-5-4-6-8/h8H,4-7,15H2,1-3H3,(H,16,18). The van der Waals surface area contributed by atoms with Crippen LogP contribution in [0, 0.1) is 5.92 Å². The number of thiophene rings is 1. The number of anilines is 2. The van der Waals surface area contributed by atoms with Crippen LogP contribution in [-0.2, 0) is 4.74 Å². The summed E-state index contributed by atoms with van der Waals surface area (Å²) in [4.78, 5) is 26.2. The third-order valence-electron chi connectivity index (χ3n) is 3.85. The molecule has 6 nitrogen and oxygen atoms in total. The van der Waals surface area contributed by atoms with E-state index >= 15 is 0 Å². The molecular formula is C14H21N3O3S. The van der Waals surface area contributed by atoms with Crippen molar-refractivity contribution in [3.63, 3.8) is 0 Å². The summed E-state index contributed by atoms with van der Waals surface area (Å²) in [6, 6.07) is 0. The number of hydrogen-bond donors (Lipinski definition) is 2. The average Bonchev–Trinajstić information content (AvgIpc) is 2.78. The maximum absolute atomic E-state index is 12.0. The Hall–Kier alpha value is -1.76. The molecule has 2 rings (SSSR count). The van der Waals surface area contributed by atoms with Crippen molar-refractivity contribution >= 4 is 33.9 Å². The van der Waals surface area contributed by atoms with Gasteiger partial charge in [0.05, 0.1) is 12.8 Å². The number of nitrogens with one attached hydrogen (secondary N) is 1. The summed E-state index contributed by atoms with van der Waals surface area (Å²) in [6.45, 7) is 0.858. The Bertz CT molecular complexity index is 552. The van der Waals surface area contributed by atoms with E-state index in [1.165, 1.54) is 44.8 Å². The number of esters is 1. The predicted molar refractivity (Wildman–Crippen MR) is 84.1 cm³/mol. The summed E-state index contributed by atoms with van der Waals surface area (Å²) >= 11 is 1.24. The van der Waals surface area contributed by atoms with Crippen LogP contribution in [0.3, 0.4) is 0 Å². The van der Waals surface area contributed by atoms with Gasteiger partial charge in [-0.05, 0) is 18.8 Å². The van der Waals surface area contributed by atoms with Crippen molar-refractivity contribution < 1.29 is 14.3 Å². The Morgan fingerprint density at radius 2 is 2.14 bits per heavy atom. The number of carbonyl (C=O) groups excluding carboxylic acids is 2. The lowest BCUT2D eigenvalue weighted by Gasteiger charge is -2.30. The van der Waals surface area contributed by atoms with Crippen LogP contribution in [-0.4, -0.2) is 39.6 Å². The predicted octanol–water partition coefficient (Wildman–Crippen LogP) is 1.71. The molecule has 0 radical (unpaired) electrons. The van der Waals surface area contributed by atoms with E-state index in [2.05, 4.69) is 5.32 Å². The molecule has 21 heavy (non-hydrogen) atoms. The second-order valence-electron chi connectivity index (χ2n) is 5.27. The monoisotopic (exact) mass is 311 g/mol. The summed E-state index contributed by atoms with van der Waals surface area (Å²) in [7, 11) is 4.77. The largest absolute Gasteiger partial charge is 0.465 e. The van der Waals surface area contributed by atoms with Crippen molar-refractivity contribution in [1.82, 2.24) is 5.32 Å². The fraction of sp³-hybridized carbons (Fsp3) is 0.571. The van der Waals surface area contributed by atoms with E-state index in [4.69, 9.17) is 10.5 Å². The summed E-state index contributed by atoms with van der Waals surface area (Å²) in [5.74, 6) is -0.146. The molecule has 1 aliphatic rings. The SMILES string of the molecule is CNC(=O)c1sc(N(C)CC2CCC2)c(C(=O)OC)c1N. The van der Waals surface area contributed by atoms with Crippen LogP contribution in [0.2, 0.25) is 0 Å². The molecule has 0 saturated heterocycles. The van der Waals surface area contributed by atoms with Gasteiger partial charge < -0.3 is 20.7 Å². The molecular weight excluding hydrogens is 290 g/mol. The minimum atomic E-state index is -0.505. The zero-order valence-corrected chi connectivity index (χ0v) is 13.4. The molecule has 0 unspecified atom stereocenters. The molecule has 1 amide bonds. The average molecular weight is 311 g/mol.